The molecule has 1 heterocycles. The second-order valence-corrected chi connectivity index (χ2v) is 9.30. The molecule has 178 valence electrons. The maximum atomic E-state index is 15.2. The highest BCUT2D eigenvalue weighted by atomic mass is 19.3. The standard InChI is InChI=1S/C26H31F3N2O2/c1-17-11-23(33-2)15-20(24(17)27)14-22(16-31-9-5-6-10-31)30-25(32)26(28,29)21-12-18-7-3-4-8-19(18)13-21/h3-4,7-8,11,15,21-22H,5-6,9-10,12-14,16H2,1-2H3,(H,30,32)/t22-/m0/s1. The molecular formula is C26H31F3N2O2. The van der Waals surface area contributed by atoms with Crippen molar-refractivity contribution in [2.75, 3.05) is 26.7 Å². The van der Waals surface area contributed by atoms with Crippen LogP contribution in [0.3, 0.4) is 0 Å². The number of carbonyl (C=O) groups excluding carboxylic acids is 1. The number of nitrogens with one attached hydrogen (secondary N) is 1. The molecule has 1 amide bonds. The molecule has 2 aliphatic rings. The van der Waals surface area contributed by atoms with Gasteiger partial charge in [0.1, 0.15) is 11.6 Å². The molecule has 7 heteroatoms. The predicted molar refractivity (Wildman–Crippen MR) is 121 cm³/mol. The molecule has 4 nitrogen and oxygen atoms in total. The lowest BCUT2D eigenvalue weighted by Gasteiger charge is -2.29. The summed E-state index contributed by atoms with van der Waals surface area (Å²) < 4.78 is 50.6. The summed E-state index contributed by atoms with van der Waals surface area (Å²) in [6, 6.07) is 9.88. The van der Waals surface area contributed by atoms with Gasteiger partial charge in [-0.3, -0.25) is 4.79 Å². The predicted octanol–water partition coefficient (Wildman–Crippen LogP) is 4.32. The van der Waals surface area contributed by atoms with Gasteiger partial charge in [0.05, 0.1) is 7.11 Å². The van der Waals surface area contributed by atoms with Gasteiger partial charge in [-0.1, -0.05) is 24.3 Å². The molecular weight excluding hydrogens is 429 g/mol. The molecule has 2 aromatic carbocycles. The van der Waals surface area contributed by atoms with Gasteiger partial charge >= 0.3 is 5.92 Å². The van der Waals surface area contributed by atoms with Crippen LogP contribution in [0.15, 0.2) is 36.4 Å². The Kier molecular flexibility index (Phi) is 6.98. The van der Waals surface area contributed by atoms with Crippen molar-refractivity contribution in [1.29, 1.82) is 0 Å². The average molecular weight is 461 g/mol. The van der Waals surface area contributed by atoms with Crippen LogP contribution in [-0.4, -0.2) is 49.5 Å². The fraction of sp³-hybridized carbons (Fsp3) is 0.500. The number of likely N-dealkylation sites (tertiary alicyclic amines) is 1. The minimum Gasteiger partial charge on any atom is -0.497 e. The van der Waals surface area contributed by atoms with Crippen LogP contribution in [0, 0.1) is 18.7 Å². The third kappa shape index (κ3) is 5.18. The first-order chi connectivity index (χ1) is 15.8. The minimum absolute atomic E-state index is 0.118. The fourth-order valence-corrected chi connectivity index (χ4v) is 5.06. The van der Waals surface area contributed by atoms with E-state index in [2.05, 4.69) is 10.2 Å². The zero-order valence-electron chi connectivity index (χ0n) is 19.2. The Morgan fingerprint density at radius 1 is 1.18 bits per heavy atom. The number of halogens is 3. The molecule has 1 atom stereocenters. The molecule has 1 aliphatic carbocycles. The highest BCUT2D eigenvalue weighted by Gasteiger charge is 2.49. The first-order valence-corrected chi connectivity index (χ1v) is 11.6. The smallest absolute Gasteiger partial charge is 0.327 e. The van der Waals surface area contributed by atoms with Gasteiger partial charge in [0.15, 0.2) is 0 Å². The highest BCUT2D eigenvalue weighted by Crippen LogP contribution is 2.37. The Bertz CT molecular complexity index is 980. The molecule has 2 aromatic rings. The molecule has 0 spiro atoms. The molecule has 1 N–H and O–H groups in total. The van der Waals surface area contributed by atoms with Crippen LogP contribution < -0.4 is 10.1 Å². The average Bonchev–Trinajstić information content (AvgIpc) is 3.46. The van der Waals surface area contributed by atoms with E-state index in [4.69, 9.17) is 4.74 Å². The molecule has 1 fully saturated rings. The Morgan fingerprint density at radius 2 is 1.82 bits per heavy atom. The maximum Gasteiger partial charge on any atom is 0.327 e. The quantitative estimate of drug-likeness (QED) is 0.638. The topological polar surface area (TPSA) is 41.6 Å². The van der Waals surface area contributed by atoms with E-state index in [9.17, 15) is 9.18 Å². The van der Waals surface area contributed by atoms with Crippen molar-refractivity contribution in [2.24, 2.45) is 5.92 Å². The van der Waals surface area contributed by atoms with Gasteiger partial charge < -0.3 is 15.0 Å². The summed E-state index contributed by atoms with van der Waals surface area (Å²) in [6.45, 7) is 3.74. The summed E-state index contributed by atoms with van der Waals surface area (Å²) >= 11 is 0. The zero-order chi connectivity index (χ0) is 23.6. The summed E-state index contributed by atoms with van der Waals surface area (Å²) in [5, 5.41) is 2.58. The number of amides is 1. The van der Waals surface area contributed by atoms with Gasteiger partial charge in [-0.15, -0.1) is 0 Å². The van der Waals surface area contributed by atoms with E-state index < -0.39 is 29.6 Å². The van der Waals surface area contributed by atoms with E-state index in [0.29, 0.717) is 23.4 Å². The minimum atomic E-state index is -3.51. The van der Waals surface area contributed by atoms with Gasteiger partial charge in [-0.25, -0.2) is 4.39 Å². The third-order valence-corrected chi connectivity index (χ3v) is 6.88. The number of carbonyl (C=O) groups is 1. The van der Waals surface area contributed by atoms with Gasteiger partial charge in [0.2, 0.25) is 0 Å². The first-order valence-electron chi connectivity index (χ1n) is 11.6. The summed E-state index contributed by atoms with van der Waals surface area (Å²) in [6.07, 6.45) is 2.54. The van der Waals surface area contributed by atoms with Crippen molar-refractivity contribution in [3.63, 3.8) is 0 Å². The summed E-state index contributed by atoms with van der Waals surface area (Å²) in [4.78, 5) is 15.0. The van der Waals surface area contributed by atoms with Crippen LogP contribution in [-0.2, 0) is 24.1 Å². The van der Waals surface area contributed by atoms with Gasteiger partial charge in [-0.2, -0.15) is 8.78 Å². The van der Waals surface area contributed by atoms with E-state index in [1.54, 1.807) is 19.1 Å². The van der Waals surface area contributed by atoms with Crippen LogP contribution in [0.25, 0.3) is 0 Å². The monoisotopic (exact) mass is 460 g/mol. The van der Waals surface area contributed by atoms with Crippen molar-refractivity contribution in [2.45, 2.75) is 51.0 Å². The second-order valence-electron chi connectivity index (χ2n) is 9.30. The number of hydrogen-bond donors (Lipinski definition) is 1. The number of aryl methyl sites for hydroxylation is 1. The van der Waals surface area contributed by atoms with Gasteiger partial charge in [0, 0.05) is 18.5 Å². The fourth-order valence-electron chi connectivity index (χ4n) is 5.06. The van der Waals surface area contributed by atoms with Crippen LogP contribution in [0.1, 0.15) is 35.1 Å². The van der Waals surface area contributed by atoms with Crippen molar-refractivity contribution in [1.82, 2.24) is 10.2 Å². The number of methoxy groups -OCH3 is 1. The van der Waals surface area contributed by atoms with Crippen molar-refractivity contribution >= 4 is 5.91 Å². The van der Waals surface area contributed by atoms with Crippen molar-refractivity contribution in [3.8, 4) is 5.75 Å². The van der Waals surface area contributed by atoms with Gasteiger partial charge in [-0.05, 0) is 86.5 Å². The Hall–Kier alpha value is -2.54. The van der Waals surface area contributed by atoms with E-state index in [1.807, 2.05) is 24.3 Å². The van der Waals surface area contributed by atoms with E-state index in [0.717, 1.165) is 37.1 Å². The molecule has 0 aromatic heterocycles. The third-order valence-electron chi connectivity index (χ3n) is 6.88. The number of ether oxygens (including phenoxy) is 1. The number of hydrogen-bond acceptors (Lipinski definition) is 3. The maximum absolute atomic E-state index is 15.2. The van der Waals surface area contributed by atoms with E-state index >= 15 is 8.78 Å². The van der Waals surface area contributed by atoms with Crippen LogP contribution in [0.2, 0.25) is 0 Å². The molecule has 4 rings (SSSR count). The number of alkyl halides is 2. The number of nitrogens with zero attached hydrogens (tertiary/aromatic N) is 1. The van der Waals surface area contributed by atoms with E-state index in [1.165, 1.54) is 7.11 Å². The Morgan fingerprint density at radius 3 is 2.42 bits per heavy atom. The zero-order valence-corrected chi connectivity index (χ0v) is 19.2. The summed E-state index contributed by atoms with van der Waals surface area (Å²) in [5.74, 6) is -5.74. The molecule has 0 radical (unpaired) electrons. The lowest BCUT2D eigenvalue weighted by atomic mass is 9.96. The van der Waals surface area contributed by atoms with Crippen molar-refractivity contribution < 1.29 is 22.7 Å². The molecule has 33 heavy (non-hydrogen) atoms. The molecule has 0 bridgehead atoms. The van der Waals surface area contributed by atoms with Crippen LogP contribution in [0.5, 0.6) is 5.75 Å². The molecule has 0 saturated carbocycles. The lowest BCUT2D eigenvalue weighted by Crippen LogP contribution is -2.52. The number of fused-ring (bicyclic) bond motifs is 1. The van der Waals surface area contributed by atoms with E-state index in [-0.39, 0.29) is 19.3 Å². The molecule has 1 aliphatic heterocycles. The lowest BCUT2D eigenvalue weighted by molar-refractivity contribution is -0.154. The second kappa shape index (κ2) is 9.75. The van der Waals surface area contributed by atoms with Gasteiger partial charge in [0.25, 0.3) is 5.91 Å². The normalized spacial score (nSPS) is 17.7. The largest absolute Gasteiger partial charge is 0.497 e. The Labute approximate surface area is 193 Å². The molecule has 1 saturated heterocycles. The highest BCUT2D eigenvalue weighted by molar-refractivity contribution is 5.84. The first kappa shape index (κ1) is 23.6. The Balaban J connectivity index is 1.51. The summed E-state index contributed by atoms with van der Waals surface area (Å²) in [7, 11) is 1.50. The SMILES string of the molecule is COc1cc(C)c(F)c(C[C@@H](CN2CCCC2)NC(=O)C(F)(F)C2Cc3ccccc3C2)c1. The number of rotatable bonds is 8. The summed E-state index contributed by atoms with van der Waals surface area (Å²) in [5.41, 5.74) is 2.52. The molecule has 0 unspecified atom stereocenters. The van der Waals surface area contributed by atoms with Crippen LogP contribution in [0.4, 0.5) is 13.2 Å². The number of benzene rings is 2. The van der Waals surface area contributed by atoms with Crippen molar-refractivity contribution in [3.05, 3.63) is 64.5 Å². The van der Waals surface area contributed by atoms with Crippen LogP contribution >= 0.6 is 0 Å².